The van der Waals surface area contributed by atoms with E-state index in [1.807, 2.05) is 13.8 Å². The van der Waals surface area contributed by atoms with Gasteiger partial charge in [0.05, 0.1) is 11.4 Å². The van der Waals surface area contributed by atoms with Crippen LogP contribution in [0, 0.1) is 5.92 Å². The summed E-state index contributed by atoms with van der Waals surface area (Å²) in [5.74, 6) is 0.408. The Balaban J connectivity index is 2.81. The standard InChI is InChI=1S/C13H24N4O/c1-6-10-11(14)12(17(5)16-10)13(18)15-9(4)7-8(2)3/h8-9H,6-7,14H2,1-5H3,(H,15,18). The molecule has 0 aliphatic rings. The Labute approximate surface area is 109 Å². The van der Waals surface area contributed by atoms with E-state index in [1.54, 1.807) is 11.7 Å². The van der Waals surface area contributed by atoms with Crippen LogP contribution in [0.3, 0.4) is 0 Å². The molecular weight excluding hydrogens is 228 g/mol. The minimum absolute atomic E-state index is 0.136. The number of nitrogens with two attached hydrogens (primary N) is 1. The number of aryl methyl sites for hydroxylation is 2. The molecule has 0 saturated carbocycles. The van der Waals surface area contributed by atoms with Gasteiger partial charge in [-0.2, -0.15) is 5.10 Å². The van der Waals surface area contributed by atoms with Crippen molar-refractivity contribution in [3.05, 3.63) is 11.4 Å². The summed E-state index contributed by atoms with van der Waals surface area (Å²) in [6.07, 6.45) is 1.68. The molecule has 1 rings (SSSR count). The zero-order chi connectivity index (χ0) is 13.9. The summed E-state index contributed by atoms with van der Waals surface area (Å²) in [7, 11) is 1.75. The molecule has 1 atom stereocenters. The van der Waals surface area contributed by atoms with E-state index in [1.165, 1.54) is 0 Å². The number of hydrogen-bond acceptors (Lipinski definition) is 3. The Bertz CT molecular complexity index is 423. The van der Waals surface area contributed by atoms with E-state index in [4.69, 9.17) is 5.73 Å². The summed E-state index contributed by atoms with van der Waals surface area (Å²) in [6.45, 7) is 8.25. The van der Waals surface area contributed by atoms with Crippen molar-refractivity contribution in [3.8, 4) is 0 Å². The number of nitrogen functional groups attached to an aromatic ring is 1. The summed E-state index contributed by atoms with van der Waals surface area (Å²) in [5, 5.41) is 7.22. The topological polar surface area (TPSA) is 72.9 Å². The summed E-state index contributed by atoms with van der Waals surface area (Å²) in [5.41, 5.74) is 7.68. The number of carbonyl (C=O) groups is 1. The lowest BCUT2D eigenvalue weighted by molar-refractivity contribution is 0.0927. The molecule has 0 aliphatic carbocycles. The molecule has 102 valence electrons. The maximum absolute atomic E-state index is 12.2. The fourth-order valence-corrected chi connectivity index (χ4v) is 2.18. The van der Waals surface area contributed by atoms with Crippen LogP contribution in [0.1, 0.15) is 50.3 Å². The SMILES string of the molecule is CCc1nn(C)c(C(=O)NC(C)CC(C)C)c1N. The summed E-state index contributed by atoms with van der Waals surface area (Å²) < 4.78 is 1.56. The van der Waals surface area contributed by atoms with Crippen molar-refractivity contribution in [3.63, 3.8) is 0 Å². The Morgan fingerprint density at radius 1 is 1.44 bits per heavy atom. The largest absolute Gasteiger partial charge is 0.395 e. The number of nitrogens with zero attached hydrogens (tertiary/aromatic N) is 2. The first-order chi connectivity index (χ1) is 8.36. The lowest BCUT2D eigenvalue weighted by Crippen LogP contribution is -2.35. The van der Waals surface area contributed by atoms with E-state index in [9.17, 15) is 4.79 Å². The van der Waals surface area contributed by atoms with Gasteiger partial charge in [0.15, 0.2) is 0 Å². The molecule has 18 heavy (non-hydrogen) atoms. The normalized spacial score (nSPS) is 12.8. The average Bonchev–Trinajstić information content (AvgIpc) is 2.52. The Hall–Kier alpha value is -1.52. The molecule has 0 fully saturated rings. The monoisotopic (exact) mass is 252 g/mol. The fourth-order valence-electron chi connectivity index (χ4n) is 2.18. The second-order valence-corrected chi connectivity index (χ2v) is 5.19. The maximum Gasteiger partial charge on any atom is 0.271 e. The quantitative estimate of drug-likeness (QED) is 0.838. The minimum Gasteiger partial charge on any atom is -0.395 e. The lowest BCUT2D eigenvalue weighted by Gasteiger charge is -2.16. The van der Waals surface area contributed by atoms with E-state index in [2.05, 4.69) is 24.3 Å². The van der Waals surface area contributed by atoms with Gasteiger partial charge in [-0.1, -0.05) is 20.8 Å². The highest BCUT2D eigenvalue weighted by molar-refractivity contribution is 5.98. The smallest absolute Gasteiger partial charge is 0.271 e. The van der Waals surface area contributed by atoms with Gasteiger partial charge in [-0.3, -0.25) is 9.48 Å². The van der Waals surface area contributed by atoms with Crippen molar-refractivity contribution in [1.82, 2.24) is 15.1 Å². The molecular formula is C13H24N4O. The number of carbonyl (C=O) groups excluding carboxylic acids is 1. The minimum atomic E-state index is -0.143. The molecule has 3 N–H and O–H groups in total. The van der Waals surface area contributed by atoms with Crippen LogP contribution in [0.4, 0.5) is 5.69 Å². The van der Waals surface area contributed by atoms with Crippen LogP contribution in [0.15, 0.2) is 0 Å². The zero-order valence-electron chi connectivity index (χ0n) is 11.9. The molecule has 1 amide bonds. The molecule has 0 aromatic carbocycles. The molecule has 0 spiro atoms. The van der Waals surface area contributed by atoms with Crippen molar-refractivity contribution >= 4 is 11.6 Å². The van der Waals surface area contributed by atoms with Crippen LogP contribution in [-0.2, 0) is 13.5 Å². The van der Waals surface area contributed by atoms with Gasteiger partial charge < -0.3 is 11.1 Å². The molecule has 1 heterocycles. The number of hydrogen-bond donors (Lipinski definition) is 2. The highest BCUT2D eigenvalue weighted by Gasteiger charge is 2.20. The Kier molecular flexibility index (Phi) is 4.76. The average molecular weight is 252 g/mol. The van der Waals surface area contributed by atoms with Gasteiger partial charge in [0, 0.05) is 13.1 Å². The number of anilines is 1. The Morgan fingerprint density at radius 2 is 2.06 bits per heavy atom. The highest BCUT2D eigenvalue weighted by atomic mass is 16.2. The first-order valence-corrected chi connectivity index (χ1v) is 6.49. The third-order valence-corrected chi connectivity index (χ3v) is 2.91. The molecule has 1 aromatic rings. The van der Waals surface area contributed by atoms with Crippen LogP contribution < -0.4 is 11.1 Å². The molecule has 0 aliphatic heterocycles. The summed E-state index contributed by atoms with van der Waals surface area (Å²) in [4.78, 5) is 12.2. The number of aromatic nitrogens is 2. The molecule has 5 heteroatoms. The van der Waals surface area contributed by atoms with Gasteiger partial charge in [-0.15, -0.1) is 0 Å². The molecule has 1 unspecified atom stereocenters. The molecule has 0 bridgehead atoms. The van der Waals surface area contributed by atoms with Gasteiger partial charge in [-0.25, -0.2) is 0 Å². The molecule has 1 aromatic heterocycles. The molecule has 0 saturated heterocycles. The van der Waals surface area contributed by atoms with Gasteiger partial charge in [0.25, 0.3) is 5.91 Å². The predicted octanol–water partition coefficient (Wildman–Crippen LogP) is 1.73. The van der Waals surface area contributed by atoms with Gasteiger partial charge >= 0.3 is 0 Å². The first kappa shape index (κ1) is 14.5. The van der Waals surface area contributed by atoms with Crippen LogP contribution in [-0.4, -0.2) is 21.7 Å². The van der Waals surface area contributed by atoms with Crippen LogP contribution in [0.5, 0.6) is 0 Å². The van der Waals surface area contributed by atoms with Gasteiger partial charge in [0.2, 0.25) is 0 Å². The van der Waals surface area contributed by atoms with Crippen LogP contribution in [0.2, 0.25) is 0 Å². The van der Waals surface area contributed by atoms with Crippen LogP contribution >= 0.6 is 0 Å². The van der Waals surface area contributed by atoms with Gasteiger partial charge in [-0.05, 0) is 25.7 Å². The number of nitrogens with one attached hydrogen (secondary N) is 1. The van der Waals surface area contributed by atoms with Gasteiger partial charge in [0.1, 0.15) is 5.69 Å². The van der Waals surface area contributed by atoms with E-state index < -0.39 is 0 Å². The first-order valence-electron chi connectivity index (χ1n) is 6.49. The summed E-state index contributed by atoms with van der Waals surface area (Å²) >= 11 is 0. The molecule has 5 nitrogen and oxygen atoms in total. The second-order valence-electron chi connectivity index (χ2n) is 5.19. The van der Waals surface area contributed by atoms with Crippen molar-refractivity contribution < 1.29 is 4.79 Å². The zero-order valence-corrected chi connectivity index (χ0v) is 11.9. The number of amides is 1. The molecule has 0 radical (unpaired) electrons. The van der Waals surface area contributed by atoms with E-state index in [-0.39, 0.29) is 11.9 Å². The maximum atomic E-state index is 12.2. The third-order valence-electron chi connectivity index (χ3n) is 2.91. The van der Waals surface area contributed by atoms with Crippen molar-refractivity contribution in [2.75, 3.05) is 5.73 Å². The second kappa shape index (κ2) is 5.89. The van der Waals surface area contributed by atoms with E-state index in [0.717, 1.165) is 18.5 Å². The van der Waals surface area contributed by atoms with Crippen LogP contribution in [0.25, 0.3) is 0 Å². The fraction of sp³-hybridized carbons (Fsp3) is 0.692. The third kappa shape index (κ3) is 3.24. The highest BCUT2D eigenvalue weighted by Crippen LogP contribution is 2.17. The van der Waals surface area contributed by atoms with Crippen molar-refractivity contribution in [2.24, 2.45) is 13.0 Å². The lowest BCUT2D eigenvalue weighted by atomic mass is 10.1. The Morgan fingerprint density at radius 3 is 2.50 bits per heavy atom. The van der Waals surface area contributed by atoms with Crippen molar-refractivity contribution in [1.29, 1.82) is 0 Å². The van der Waals surface area contributed by atoms with E-state index >= 15 is 0 Å². The number of rotatable bonds is 5. The summed E-state index contributed by atoms with van der Waals surface area (Å²) in [6, 6.07) is 0.136. The predicted molar refractivity (Wildman–Crippen MR) is 73.4 cm³/mol. The van der Waals surface area contributed by atoms with Crippen molar-refractivity contribution in [2.45, 2.75) is 46.6 Å². The van der Waals surface area contributed by atoms with E-state index in [0.29, 0.717) is 17.3 Å².